The van der Waals surface area contributed by atoms with Gasteiger partial charge in [0.2, 0.25) is 0 Å². The maximum absolute atomic E-state index is 12.4. The van der Waals surface area contributed by atoms with Crippen molar-refractivity contribution in [2.24, 2.45) is 0 Å². The molecule has 0 aliphatic carbocycles. The van der Waals surface area contributed by atoms with Gasteiger partial charge in [-0.2, -0.15) is 0 Å². The van der Waals surface area contributed by atoms with Gasteiger partial charge >= 0.3 is 5.97 Å². The minimum Gasteiger partial charge on any atom is -0.465 e. The summed E-state index contributed by atoms with van der Waals surface area (Å²) in [6.07, 6.45) is 1.30. The molecule has 0 fully saturated rings. The number of anilines is 1. The SMILES string of the molecule is COC(=O)c1cc(C)ncc1NS(=O)(=O)c1ccc(C)cc1. The fourth-order valence-electron chi connectivity index (χ4n) is 1.84. The van der Waals surface area contributed by atoms with E-state index in [0.717, 1.165) is 5.56 Å². The van der Waals surface area contributed by atoms with Crippen LogP contribution in [0.2, 0.25) is 0 Å². The number of aromatic nitrogens is 1. The van der Waals surface area contributed by atoms with Crippen LogP contribution < -0.4 is 4.72 Å². The first-order chi connectivity index (χ1) is 10.3. The van der Waals surface area contributed by atoms with Gasteiger partial charge in [-0.15, -0.1) is 0 Å². The Morgan fingerprint density at radius 1 is 1.18 bits per heavy atom. The van der Waals surface area contributed by atoms with Crippen molar-refractivity contribution in [3.63, 3.8) is 0 Å². The highest BCUT2D eigenvalue weighted by Gasteiger charge is 2.19. The largest absolute Gasteiger partial charge is 0.465 e. The monoisotopic (exact) mass is 320 g/mol. The Labute approximate surface area is 129 Å². The number of ether oxygens (including phenoxy) is 1. The summed E-state index contributed by atoms with van der Waals surface area (Å²) in [6.45, 7) is 3.56. The Bertz CT molecular complexity index is 799. The summed E-state index contributed by atoms with van der Waals surface area (Å²) in [4.78, 5) is 15.9. The Hall–Kier alpha value is -2.41. The van der Waals surface area contributed by atoms with Gasteiger partial charge in [0.25, 0.3) is 10.0 Å². The molecule has 1 aromatic carbocycles. The number of pyridine rings is 1. The molecule has 0 bridgehead atoms. The van der Waals surface area contributed by atoms with Crippen LogP contribution in [0, 0.1) is 13.8 Å². The summed E-state index contributed by atoms with van der Waals surface area (Å²) in [5.74, 6) is -0.632. The molecule has 1 heterocycles. The van der Waals surface area contributed by atoms with Crippen LogP contribution in [0.3, 0.4) is 0 Å². The van der Waals surface area contributed by atoms with Crippen LogP contribution in [0.25, 0.3) is 0 Å². The van der Waals surface area contributed by atoms with Crippen molar-refractivity contribution >= 4 is 21.7 Å². The first-order valence-corrected chi connectivity index (χ1v) is 7.96. The van der Waals surface area contributed by atoms with Crippen molar-refractivity contribution < 1.29 is 17.9 Å². The molecule has 0 aliphatic heterocycles. The van der Waals surface area contributed by atoms with Crippen LogP contribution in [0.1, 0.15) is 21.6 Å². The molecule has 0 aliphatic rings. The summed E-state index contributed by atoms with van der Waals surface area (Å²) in [5, 5.41) is 0. The molecule has 7 heteroatoms. The molecule has 0 spiro atoms. The van der Waals surface area contributed by atoms with E-state index >= 15 is 0 Å². The number of hydrogen-bond donors (Lipinski definition) is 1. The second-order valence-corrected chi connectivity index (χ2v) is 6.46. The Morgan fingerprint density at radius 2 is 1.82 bits per heavy atom. The normalized spacial score (nSPS) is 11.0. The number of methoxy groups -OCH3 is 1. The van der Waals surface area contributed by atoms with E-state index in [0.29, 0.717) is 5.69 Å². The van der Waals surface area contributed by atoms with Gasteiger partial charge < -0.3 is 4.74 Å². The van der Waals surface area contributed by atoms with Crippen LogP contribution in [0.5, 0.6) is 0 Å². The van der Waals surface area contributed by atoms with Gasteiger partial charge in [0, 0.05) is 5.69 Å². The maximum atomic E-state index is 12.4. The van der Waals surface area contributed by atoms with Crippen molar-refractivity contribution in [2.45, 2.75) is 18.7 Å². The van der Waals surface area contributed by atoms with Crippen LogP contribution in [-0.4, -0.2) is 26.5 Å². The van der Waals surface area contributed by atoms with Crippen LogP contribution in [0.4, 0.5) is 5.69 Å². The maximum Gasteiger partial charge on any atom is 0.340 e. The second kappa shape index (κ2) is 6.15. The third-order valence-corrected chi connectivity index (χ3v) is 4.40. The molecule has 6 nitrogen and oxygen atoms in total. The highest BCUT2D eigenvalue weighted by molar-refractivity contribution is 7.92. The number of aryl methyl sites for hydroxylation is 2. The zero-order valence-corrected chi connectivity index (χ0v) is 13.3. The Balaban J connectivity index is 2.41. The van der Waals surface area contributed by atoms with E-state index in [4.69, 9.17) is 0 Å². The average Bonchev–Trinajstić information content (AvgIpc) is 2.48. The quantitative estimate of drug-likeness (QED) is 0.874. The number of hydrogen-bond acceptors (Lipinski definition) is 5. The van der Waals surface area contributed by atoms with Crippen molar-refractivity contribution in [1.82, 2.24) is 4.98 Å². The van der Waals surface area contributed by atoms with Gasteiger partial charge in [0.1, 0.15) is 0 Å². The van der Waals surface area contributed by atoms with E-state index in [1.54, 1.807) is 19.1 Å². The lowest BCUT2D eigenvalue weighted by Gasteiger charge is -2.12. The number of rotatable bonds is 4. The fourth-order valence-corrected chi connectivity index (χ4v) is 2.91. The predicted octanol–water partition coefficient (Wildman–Crippen LogP) is 2.29. The van der Waals surface area contributed by atoms with E-state index in [-0.39, 0.29) is 16.1 Å². The van der Waals surface area contributed by atoms with E-state index in [1.807, 2.05) is 6.92 Å². The molecule has 116 valence electrons. The van der Waals surface area contributed by atoms with E-state index in [9.17, 15) is 13.2 Å². The minimum absolute atomic E-state index is 0.0815. The number of sulfonamides is 1. The zero-order valence-electron chi connectivity index (χ0n) is 12.5. The Morgan fingerprint density at radius 3 is 2.41 bits per heavy atom. The second-order valence-electron chi connectivity index (χ2n) is 4.78. The summed E-state index contributed by atoms with van der Waals surface area (Å²) in [7, 11) is -2.57. The number of benzene rings is 1. The predicted molar refractivity (Wildman–Crippen MR) is 82.3 cm³/mol. The zero-order chi connectivity index (χ0) is 16.3. The van der Waals surface area contributed by atoms with Gasteiger partial charge in [-0.05, 0) is 32.0 Å². The topological polar surface area (TPSA) is 85.4 Å². The van der Waals surface area contributed by atoms with Crippen molar-refractivity contribution in [3.05, 3.63) is 53.3 Å². The molecule has 2 aromatic rings. The first-order valence-electron chi connectivity index (χ1n) is 6.48. The first kappa shape index (κ1) is 16.0. The smallest absolute Gasteiger partial charge is 0.340 e. The van der Waals surface area contributed by atoms with Crippen LogP contribution >= 0.6 is 0 Å². The van der Waals surface area contributed by atoms with Gasteiger partial charge in [-0.1, -0.05) is 17.7 Å². The van der Waals surface area contributed by atoms with Crippen LogP contribution in [0.15, 0.2) is 41.4 Å². The van der Waals surface area contributed by atoms with E-state index < -0.39 is 16.0 Å². The number of nitrogens with zero attached hydrogens (tertiary/aromatic N) is 1. The average molecular weight is 320 g/mol. The van der Waals surface area contributed by atoms with Gasteiger partial charge in [-0.3, -0.25) is 9.71 Å². The molecule has 0 atom stereocenters. The third kappa shape index (κ3) is 3.43. The molecular weight excluding hydrogens is 304 g/mol. The molecule has 0 saturated carbocycles. The lowest BCUT2D eigenvalue weighted by molar-refractivity contribution is 0.0601. The van der Waals surface area contributed by atoms with E-state index in [1.165, 1.54) is 31.5 Å². The third-order valence-electron chi connectivity index (χ3n) is 3.02. The lowest BCUT2D eigenvalue weighted by Crippen LogP contribution is -2.16. The highest BCUT2D eigenvalue weighted by atomic mass is 32.2. The van der Waals surface area contributed by atoms with Gasteiger partial charge in [0.15, 0.2) is 0 Å². The van der Waals surface area contributed by atoms with Gasteiger partial charge in [-0.25, -0.2) is 13.2 Å². The summed E-state index contributed by atoms with van der Waals surface area (Å²) in [5.41, 5.74) is 1.73. The van der Waals surface area contributed by atoms with Crippen molar-refractivity contribution in [1.29, 1.82) is 0 Å². The molecular formula is C15H16N2O4S. The summed E-state index contributed by atoms with van der Waals surface area (Å²) in [6, 6.07) is 7.86. The standard InChI is InChI=1S/C15H16N2O4S/c1-10-4-6-12(7-5-10)22(19,20)17-14-9-16-11(2)8-13(14)15(18)21-3/h4-9,17H,1-3H3. The summed E-state index contributed by atoms with van der Waals surface area (Å²) < 4.78 is 31.8. The van der Waals surface area contributed by atoms with E-state index in [2.05, 4.69) is 14.4 Å². The molecule has 1 N–H and O–H groups in total. The molecule has 0 amide bonds. The number of esters is 1. The van der Waals surface area contributed by atoms with Crippen LogP contribution in [-0.2, 0) is 14.8 Å². The molecule has 0 unspecified atom stereocenters. The minimum atomic E-state index is -3.80. The van der Waals surface area contributed by atoms with Crippen molar-refractivity contribution in [3.8, 4) is 0 Å². The molecule has 0 radical (unpaired) electrons. The number of carbonyl (C=O) groups excluding carboxylic acids is 1. The lowest BCUT2D eigenvalue weighted by atomic mass is 10.2. The number of nitrogens with one attached hydrogen (secondary N) is 1. The highest BCUT2D eigenvalue weighted by Crippen LogP contribution is 2.21. The molecule has 2 rings (SSSR count). The molecule has 1 aromatic heterocycles. The molecule has 22 heavy (non-hydrogen) atoms. The Kier molecular flexibility index (Phi) is 4.46. The van der Waals surface area contributed by atoms with Crippen molar-refractivity contribution in [2.75, 3.05) is 11.8 Å². The summed E-state index contributed by atoms with van der Waals surface area (Å²) >= 11 is 0. The molecule has 0 saturated heterocycles. The fraction of sp³-hybridized carbons (Fsp3) is 0.200. The number of carbonyl (C=O) groups is 1. The van der Waals surface area contributed by atoms with Gasteiger partial charge in [0.05, 0.1) is 29.5 Å².